The molecule has 0 bridgehead atoms. The summed E-state index contributed by atoms with van der Waals surface area (Å²) in [5.74, 6) is -0.0187. The van der Waals surface area contributed by atoms with Gasteiger partial charge in [-0.1, -0.05) is 36.4 Å². The van der Waals surface area contributed by atoms with Gasteiger partial charge in [0.25, 0.3) is 11.5 Å². The molecule has 1 saturated carbocycles. The maximum Gasteiger partial charge on any atom is 0.258 e. The highest BCUT2D eigenvalue weighted by Gasteiger charge is 2.24. The minimum absolute atomic E-state index is 0.00912. The van der Waals surface area contributed by atoms with Crippen molar-refractivity contribution >= 4 is 16.7 Å². The first kappa shape index (κ1) is 25.5. The first-order valence-electron chi connectivity index (χ1n) is 14.0. The third kappa shape index (κ3) is 5.82. The maximum atomic E-state index is 13.4. The van der Waals surface area contributed by atoms with Crippen LogP contribution in [-0.2, 0) is 13.1 Å². The molecule has 39 heavy (non-hydrogen) atoms. The van der Waals surface area contributed by atoms with Gasteiger partial charge in [0.2, 0.25) is 0 Å². The minimum Gasteiger partial charge on any atom is -0.349 e. The zero-order valence-electron chi connectivity index (χ0n) is 22.8. The summed E-state index contributed by atoms with van der Waals surface area (Å²) < 4.78 is 1.78. The number of carbonyl (C=O) groups is 1. The highest BCUT2D eigenvalue weighted by atomic mass is 16.1. The lowest BCUT2D eigenvalue weighted by molar-refractivity contribution is 0.0951. The van der Waals surface area contributed by atoms with Gasteiger partial charge < -0.3 is 14.8 Å². The van der Waals surface area contributed by atoms with E-state index in [0.29, 0.717) is 23.5 Å². The van der Waals surface area contributed by atoms with Gasteiger partial charge in [-0.15, -0.1) is 0 Å². The number of likely N-dealkylation sites (N-methyl/N-ethyl adjacent to an activating group) is 1. The second kappa shape index (κ2) is 10.8. The largest absolute Gasteiger partial charge is 0.349 e. The van der Waals surface area contributed by atoms with E-state index in [9.17, 15) is 9.59 Å². The SMILES string of the molecule is Cc1ccc(C(=O)NC2CC2)cc1-c1ccc2c(=O)n(Cc3ccc(CN4CCN(C)CC4)cc3)ccc2c1. The standard InChI is InChI=1S/C33H36N4O2/c1-23-3-8-28(32(38)34-29-10-11-29)20-31(23)26-9-12-30-27(19-26)13-14-37(33(30)39)22-25-6-4-24(5-7-25)21-36-17-15-35(2)16-18-36/h3-9,12-14,19-20,29H,10-11,15-18,21-22H2,1-2H3,(H,34,38). The molecule has 2 heterocycles. The minimum atomic E-state index is -0.0187. The number of nitrogens with zero attached hydrogens (tertiary/aromatic N) is 3. The van der Waals surface area contributed by atoms with E-state index < -0.39 is 0 Å². The van der Waals surface area contributed by atoms with E-state index in [4.69, 9.17) is 0 Å². The van der Waals surface area contributed by atoms with Gasteiger partial charge in [-0.2, -0.15) is 0 Å². The van der Waals surface area contributed by atoms with Crippen LogP contribution in [0.2, 0.25) is 0 Å². The number of hydrogen-bond acceptors (Lipinski definition) is 4. The first-order valence-corrected chi connectivity index (χ1v) is 14.0. The van der Waals surface area contributed by atoms with Crippen LogP contribution < -0.4 is 10.9 Å². The van der Waals surface area contributed by atoms with Gasteiger partial charge in [-0.25, -0.2) is 0 Å². The summed E-state index contributed by atoms with van der Waals surface area (Å²) in [7, 11) is 2.18. The molecule has 2 fully saturated rings. The molecule has 1 aliphatic carbocycles. The van der Waals surface area contributed by atoms with Crippen LogP contribution in [0.5, 0.6) is 0 Å². The van der Waals surface area contributed by atoms with Crippen molar-refractivity contribution in [3.05, 3.63) is 106 Å². The van der Waals surface area contributed by atoms with Crippen molar-refractivity contribution in [2.75, 3.05) is 33.2 Å². The van der Waals surface area contributed by atoms with Crippen molar-refractivity contribution < 1.29 is 4.79 Å². The number of nitrogens with one attached hydrogen (secondary N) is 1. The third-order valence-corrected chi connectivity index (χ3v) is 8.08. The number of benzene rings is 3. The Hall–Kier alpha value is -3.74. The molecule has 6 rings (SSSR count). The van der Waals surface area contributed by atoms with Gasteiger partial charge in [-0.05, 0) is 90.3 Å². The fraction of sp³-hybridized carbons (Fsp3) is 0.333. The van der Waals surface area contributed by atoms with Crippen LogP contribution in [0, 0.1) is 6.92 Å². The average Bonchev–Trinajstić information content (AvgIpc) is 3.76. The number of carbonyl (C=O) groups excluding carboxylic acids is 1. The van der Waals surface area contributed by atoms with Crippen LogP contribution in [-0.4, -0.2) is 59.5 Å². The molecule has 1 N–H and O–H groups in total. The van der Waals surface area contributed by atoms with Crippen molar-refractivity contribution in [1.29, 1.82) is 0 Å². The Labute approximate surface area is 229 Å². The Balaban J connectivity index is 1.19. The predicted molar refractivity (Wildman–Crippen MR) is 157 cm³/mol. The van der Waals surface area contributed by atoms with Crippen LogP contribution in [0.4, 0.5) is 0 Å². The summed E-state index contributed by atoms with van der Waals surface area (Å²) in [6.07, 6.45) is 4.02. The van der Waals surface area contributed by atoms with Gasteiger partial charge >= 0.3 is 0 Å². The van der Waals surface area contributed by atoms with E-state index in [2.05, 4.69) is 59.4 Å². The molecule has 1 aromatic heterocycles. The van der Waals surface area contributed by atoms with Gasteiger partial charge in [0.15, 0.2) is 0 Å². The molecule has 6 nitrogen and oxygen atoms in total. The van der Waals surface area contributed by atoms with Crippen molar-refractivity contribution in [1.82, 2.24) is 19.7 Å². The van der Waals surface area contributed by atoms with Crippen LogP contribution >= 0.6 is 0 Å². The summed E-state index contributed by atoms with van der Waals surface area (Å²) in [4.78, 5) is 30.8. The molecule has 0 atom stereocenters. The Morgan fingerprint density at radius 3 is 2.31 bits per heavy atom. The molecule has 0 spiro atoms. The summed E-state index contributed by atoms with van der Waals surface area (Å²) in [5.41, 5.74) is 6.23. The monoisotopic (exact) mass is 520 g/mol. The molecule has 1 aliphatic heterocycles. The zero-order chi connectivity index (χ0) is 26.9. The molecule has 1 amide bonds. The molecular formula is C33H36N4O2. The molecule has 4 aromatic rings. The second-order valence-corrected chi connectivity index (χ2v) is 11.2. The molecule has 3 aromatic carbocycles. The number of hydrogen-bond donors (Lipinski definition) is 1. The Bertz CT molecular complexity index is 1560. The second-order valence-electron chi connectivity index (χ2n) is 11.2. The number of piperazine rings is 1. The first-order chi connectivity index (χ1) is 18.9. The number of aryl methyl sites for hydroxylation is 1. The van der Waals surface area contributed by atoms with Crippen LogP contribution in [0.1, 0.15) is 39.9 Å². The molecule has 1 saturated heterocycles. The van der Waals surface area contributed by atoms with E-state index >= 15 is 0 Å². The summed E-state index contributed by atoms with van der Waals surface area (Å²) in [5, 5.41) is 4.68. The predicted octanol–water partition coefficient (Wildman–Crippen LogP) is 4.66. The quantitative estimate of drug-likeness (QED) is 0.385. The lowest BCUT2D eigenvalue weighted by Crippen LogP contribution is -2.43. The van der Waals surface area contributed by atoms with Crippen molar-refractivity contribution in [2.45, 2.75) is 38.9 Å². The summed E-state index contributed by atoms with van der Waals surface area (Å²) in [6, 6.07) is 22.8. The van der Waals surface area contributed by atoms with Crippen molar-refractivity contribution in [2.24, 2.45) is 0 Å². The lowest BCUT2D eigenvalue weighted by atomic mass is 9.96. The van der Waals surface area contributed by atoms with Crippen LogP contribution in [0.3, 0.4) is 0 Å². The lowest BCUT2D eigenvalue weighted by Gasteiger charge is -2.32. The topological polar surface area (TPSA) is 57.6 Å². The van der Waals surface area contributed by atoms with Gasteiger partial charge in [-0.3, -0.25) is 14.5 Å². The smallest absolute Gasteiger partial charge is 0.258 e. The highest BCUT2D eigenvalue weighted by Crippen LogP contribution is 2.28. The van der Waals surface area contributed by atoms with E-state index in [1.165, 1.54) is 5.56 Å². The van der Waals surface area contributed by atoms with Crippen LogP contribution in [0.25, 0.3) is 21.9 Å². The van der Waals surface area contributed by atoms with E-state index in [-0.39, 0.29) is 11.5 Å². The van der Waals surface area contributed by atoms with Gasteiger partial charge in [0.05, 0.1) is 6.54 Å². The molecule has 2 aliphatic rings. The highest BCUT2D eigenvalue weighted by molar-refractivity contribution is 5.96. The number of pyridine rings is 1. The zero-order valence-corrected chi connectivity index (χ0v) is 22.8. The Morgan fingerprint density at radius 1 is 0.872 bits per heavy atom. The number of amides is 1. The van der Waals surface area contributed by atoms with E-state index in [0.717, 1.165) is 73.2 Å². The Morgan fingerprint density at radius 2 is 1.59 bits per heavy atom. The van der Waals surface area contributed by atoms with E-state index in [1.807, 2.05) is 42.6 Å². The fourth-order valence-electron chi connectivity index (χ4n) is 5.36. The third-order valence-electron chi connectivity index (χ3n) is 8.08. The number of aromatic nitrogens is 1. The average molecular weight is 521 g/mol. The number of rotatable bonds is 7. The molecule has 200 valence electrons. The molecule has 6 heteroatoms. The summed E-state index contributed by atoms with van der Waals surface area (Å²) >= 11 is 0. The molecule has 0 radical (unpaired) electrons. The van der Waals surface area contributed by atoms with Gasteiger partial charge in [0, 0.05) is 55.9 Å². The summed E-state index contributed by atoms with van der Waals surface area (Å²) in [6.45, 7) is 8.02. The van der Waals surface area contributed by atoms with Crippen molar-refractivity contribution in [3.8, 4) is 11.1 Å². The number of fused-ring (bicyclic) bond motifs is 1. The van der Waals surface area contributed by atoms with Gasteiger partial charge in [0.1, 0.15) is 0 Å². The molecular weight excluding hydrogens is 484 g/mol. The normalized spacial score (nSPS) is 16.5. The molecule has 0 unspecified atom stereocenters. The maximum absolute atomic E-state index is 13.4. The fourth-order valence-corrected chi connectivity index (χ4v) is 5.36. The Kier molecular flexibility index (Phi) is 7.07. The van der Waals surface area contributed by atoms with Crippen molar-refractivity contribution in [3.63, 3.8) is 0 Å². The van der Waals surface area contributed by atoms with E-state index in [1.54, 1.807) is 4.57 Å². The van der Waals surface area contributed by atoms with Crippen LogP contribution in [0.15, 0.2) is 77.7 Å².